The molecule has 0 spiro atoms. The first-order valence-electron chi connectivity index (χ1n) is 2.20. The predicted molar refractivity (Wildman–Crippen MR) is 36.8 cm³/mol. The topological polar surface area (TPSA) is 20.3 Å². The van der Waals surface area contributed by atoms with Crippen molar-refractivity contribution in [3.8, 4) is 0 Å². The molecule has 0 heterocycles. The summed E-state index contributed by atoms with van der Waals surface area (Å²) in [6.07, 6.45) is 1.26. The average molecular weight is 131 g/mol. The Morgan fingerprint density at radius 1 is 2.00 bits per heavy atom. The lowest BCUT2D eigenvalue weighted by Crippen LogP contribution is -2.22. The minimum atomic E-state index is -0.0972. The van der Waals surface area contributed by atoms with Crippen LogP contribution in [0.2, 0.25) is 0 Å². The summed E-state index contributed by atoms with van der Waals surface area (Å²) in [5.41, 5.74) is 0. The standard InChI is InChI=1S/C5H9NOS/c1-3-5(7)6(2)4-8/h3,8H,1,4H2,2H3. The van der Waals surface area contributed by atoms with Crippen LogP contribution in [0.3, 0.4) is 0 Å². The van der Waals surface area contributed by atoms with E-state index in [0.717, 1.165) is 0 Å². The molecule has 1 amide bonds. The van der Waals surface area contributed by atoms with E-state index in [2.05, 4.69) is 19.2 Å². The van der Waals surface area contributed by atoms with E-state index >= 15 is 0 Å². The highest BCUT2D eigenvalue weighted by molar-refractivity contribution is 7.80. The second-order valence-corrected chi connectivity index (χ2v) is 1.66. The highest BCUT2D eigenvalue weighted by Gasteiger charge is 1.97. The predicted octanol–water partition coefficient (Wildman–Crippen LogP) is 0.518. The first kappa shape index (κ1) is 7.56. The van der Waals surface area contributed by atoms with Crippen molar-refractivity contribution < 1.29 is 4.79 Å². The summed E-state index contributed by atoms with van der Waals surface area (Å²) in [7, 11) is 1.66. The van der Waals surface area contributed by atoms with Crippen molar-refractivity contribution in [1.29, 1.82) is 0 Å². The van der Waals surface area contributed by atoms with Crippen molar-refractivity contribution in [3.63, 3.8) is 0 Å². The lowest BCUT2D eigenvalue weighted by molar-refractivity contribution is -0.123. The summed E-state index contributed by atoms with van der Waals surface area (Å²) in [5, 5.41) is 0. The Hall–Kier alpha value is -0.440. The van der Waals surface area contributed by atoms with Crippen LogP contribution in [0.4, 0.5) is 0 Å². The monoisotopic (exact) mass is 131 g/mol. The lowest BCUT2D eigenvalue weighted by atomic mass is 10.5. The molecule has 0 unspecified atom stereocenters. The van der Waals surface area contributed by atoms with Gasteiger partial charge in [-0.15, -0.1) is 0 Å². The summed E-state index contributed by atoms with van der Waals surface area (Å²) in [4.78, 5) is 12.0. The Balaban J connectivity index is 3.62. The average Bonchev–Trinajstić information content (AvgIpc) is 1.84. The fraction of sp³-hybridized carbons (Fsp3) is 0.400. The Kier molecular flexibility index (Phi) is 3.35. The second kappa shape index (κ2) is 3.55. The largest absolute Gasteiger partial charge is 0.333 e. The van der Waals surface area contributed by atoms with E-state index in [4.69, 9.17) is 0 Å². The Labute approximate surface area is 54.6 Å². The maximum Gasteiger partial charge on any atom is 0.246 e. The molecule has 0 aliphatic rings. The fourth-order valence-electron chi connectivity index (χ4n) is 0.226. The summed E-state index contributed by atoms with van der Waals surface area (Å²) in [5.74, 6) is 0.338. The highest BCUT2D eigenvalue weighted by atomic mass is 32.1. The fourth-order valence-corrected chi connectivity index (χ4v) is 0.365. The molecule has 0 radical (unpaired) electrons. The smallest absolute Gasteiger partial charge is 0.246 e. The number of carbonyl (C=O) groups is 1. The van der Waals surface area contributed by atoms with E-state index < -0.39 is 0 Å². The molecule has 0 bridgehead atoms. The molecule has 0 aromatic heterocycles. The van der Waals surface area contributed by atoms with Gasteiger partial charge in [0, 0.05) is 7.05 Å². The molecule has 46 valence electrons. The number of likely N-dealkylation sites (N-methyl/N-ethyl adjacent to an activating group) is 1. The van der Waals surface area contributed by atoms with Gasteiger partial charge >= 0.3 is 0 Å². The molecule has 0 atom stereocenters. The summed E-state index contributed by atoms with van der Waals surface area (Å²) < 4.78 is 0. The van der Waals surface area contributed by atoms with E-state index in [-0.39, 0.29) is 5.91 Å². The normalized spacial score (nSPS) is 8.25. The Morgan fingerprint density at radius 3 is 2.62 bits per heavy atom. The van der Waals surface area contributed by atoms with Crippen molar-refractivity contribution in [2.75, 3.05) is 12.9 Å². The van der Waals surface area contributed by atoms with Gasteiger partial charge in [0.1, 0.15) is 0 Å². The van der Waals surface area contributed by atoms with Gasteiger partial charge in [0.2, 0.25) is 5.91 Å². The first-order chi connectivity index (χ1) is 3.72. The number of hydrogen-bond donors (Lipinski definition) is 1. The third-order valence-corrected chi connectivity index (χ3v) is 1.19. The van der Waals surface area contributed by atoms with Gasteiger partial charge in [0.25, 0.3) is 0 Å². The van der Waals surface area contributed by atoms with Crippen LogP contribution in [0, 0.1) is 0 Å². The molecular weight excluding hydrogens is 122 g/mol. The van der Waals surface area contributed by atoms with Gasteiger partial charge in [0.05, 0.1) is 5.88 Å². The number of hydrogen-bond acceptors (Lipinski definition) is 2. The van der Waals surface area contributed by atoms with E-state index in [1.807, 2.05) is 0 Å². The van der Waals surface area contributed by atoms with Crippen molar-refractivity contribution >= 4 is 18.5 Å². The van der Waals surface area contributed by atoms with Crippen LogP contribution in [0.15, 0.2) is 12.7 Å². The summed E-state index contributed by atoms with van der Waals surface area (Å²) >= 11 is 3.87. The Morgan fingerprint density at radius 2 is 2.50 bits per heavy atom. The number of thiol groups is 1. The molecule has 0 rings (SSSR count). The number of carbonyl (C=O) groups excluding carboxylic acids is 1. The van der Waals surface area contributed by atoms with Gasteiger partial charge in [-0.3, -0.25) is 4.79 Å². The molecule has 0 aliphatic carbocycles. The third-order valence-electron chi connectivity index (χ3n) is 0.763. The molecule has 0 aliphatic heterocycles. The van der Waals surface area contributed by atoms with Crippen LogP contribution in [-0.2, 0) is 4.79 Å². The van der Waals surface area contributed by atoms with Crippen molar-refractivity contribution in [2.24, 2.45) is 0 Å². The van der Waals surface area contributed by atoms with Crippen molar-refractivity contribution in [2.45, 2.75) is 0 Å². The minimum Gasteiger partial charge on any atom is -0.333 e. The molecule has 8 heavy (non-hydrogen) atoms. The molecule has 3 heteroatoms. The zero-order valence-corrected chi connectivity index (χ0v) is 5.69. The van der Waals surface area contributed by atoms with Gasteiger partial charge in [-0.05, 0) is 6.08 Å². The van der Waals surface area contributed by atoms with E-state index in [0.29, 0.717) is 5.88 Å². The molecule has 0 fully saturated rings. The molecule has 0 aromatic carbocycles. The van der Waals surface area contributed by atoms with Crippen molar-refractivity contribution in [3.05, 3.63) is 12.7 Å². The molecular formula is C5H9NOS. The second-order valence-electron chi connectivity index (χ2n) is 1.38. The van der Waals surface area contributed by atoms with Crippen LogP contribution in [0.25, 0.3) is 0 Å². The minimum absolute atomic E-state index is 0.0972. The van der Waals surface area contributed by atoms with Gasteiger partial charge in [-0.25, -0.2) is 0 Å². The van der Waals surface area contributed by atoms with Crippen LogP contribution >= 0.6 is 12.6 Å². The van der Waals surface area contributed by atoms with Crippen LogP contribution < -0.4 is 0 Å². The molecule has 0 aromatic rings. The zero-order chi connectivity index (χ0) is 6.57. The maximum absolute atomic E-state index is 10.5. The van der Waals surface area contributed by atoms with E-state index in [9.17, 15) is 4.79 Å². The number of nitrogens with zero attached hydrogens (tertiary/aromatic N) is 1. The summed E-state index contributed by atoms with van der Waals surface area (Å²) in [6, 6.07) is 0. The highest BCUT2D eigenvalue weighted by Crippen LogP contribution is 1.85. The van der Waals surface area contributed by atoms with Gasteiger partial charge in [-0.1, -0.05) is 6.58 Å². The number of rotatable bonds is 2. The van der Waals surface area contributed by atoms with Crippen LogP contribution in [0.5, 0.6) is 0 Å². The molecule has 2 nitrogen and oxygen atoms in total. The Bertz CT molecular complexity index is 103. The van der Waals surface area contributed by atoms with Crippen molar-refractivity contribution in [1.82, 2.24) is 4.90 Å². The van der Waals surface area contributed by atoms with Crippen LogP contribution in [-0.4, -0.2) is 23.7 Å². The lowest BCUT2D eigenvalue weighted by Gasteiger charge is -2.08. The molecule has 0 saturated heterocycles. The molecule has 0 saturated carbocycles. The maximum atomic E-state index is 10.5. The van der Waals surface area contributed by atoms with Gasteiger partial charge < -0.3 is 4.90 Å². The molecule has 0 N–H and O–H groups in total. The third kappa shape index (κ3) is 2.02. The van der Waals surface area contributed by atoms with E-state index in [1.165, 1.54) is 11.0 Å². The van der Waals surface area contributed by atoms with E-state index in [1.54, 1.807) is 7.05 Å². The summed E-state index contributed by atoms with van der Waals surface area (Å²) in [6.45, 7) is 3.30. The van der Waals surface area contributed by atoms with Crippen LogP contribution in [0.1, 0.15) is 0 Å². The van der Waals surface area contributed by atoms with Gasteiger partial charge in [0.15, 0.2) is 0 Å². The zero-order valence-electron chi connectivity index (χ0n) is 4.79. The SMILES string of the molecule is C=CC(=O)N(C)CS. The quantitative estimate of drug-likeness (QED) is 0.329. The van der Waals surface area contributed by atoms with Gasteiger partial charge in [-0.2, -0.15) is 12.6 Å². The number of amides is 1. The first-order valence-corrected chi connectivity index (χ1v) is 2.84.